The third-order valence-electron chi connectivity index (χ3n) is 4.04. The summed E-state index contributed by atoms with van der Waals surface area (Å²) in [5.74, 6) is 0.789. The molecule has 23 heavy (non-hydrogen) atoms. The van der Waals surface area contributed by atoms with Crippen molar-refractivity contribution in [3.8, 4) is 0 Å². The number of carbonyl (C=O) groups is 1. The van der Waals surface area contributed by atoms with Crippen LogP contribution in [-0.4, -0.2) is 37.0 Å². The number of nitrogens with one attached hydrogen (secondary N) is 2. The zero-order valence-corrected chi connectivity index (χ0v) is 13.6. The van der Waals surface area contributed by atoms with Crippen molar-refractivity contribution in [3.63, 3.8) is 0 Å². The molecule has 3 heterocycles. The van der Waals surface area contributed by atoms with E-state index in [1.54, 1.807) is 4.68 Å². The molecule has 1 aliphatic rings. The van der Waals surface area contributed by atoms with Gasteiger partial charge >= 0.3 is 0 Å². The number of hydrogen-bond acceptors (Lipinski definition) is 5. The van der Waals surface area contributed by atoms with Crippen molar-refractivity contribution in [3.05, 3.63) is 29.6 Å². The summed E-state index contributed by atoms with van der Waals surface area (Å²) in [6, 6.07) is 1.93. The summed E-state index contributed by atoms with van der Waals surface area (Å²) in [5.41, 5.74) is 2.17. The van der Waals surface area contributed by atoms with Gasteiger partial charge in [0.1, 0.15) is 12.2 Å². The fraction of sp³-hybridized carbons (Fsp3) is 0.600. The van der Waals surface area contributed by atoms with E-state index >= 15 is 0 Å². The van der Waals surface area contributed by atoms with Crippen molar-refractivity contribution >= 4 is 5.91 Å². The summed E-state index contributed by atoms with van der Waals surface area (Å²) in [6.07, 6.45) is 2.60. The van der Waals surface area contributed by atoms with Crippen LogP contribution in [0.4, 0.5) is 0 Å². The van der Waals surface area contributed by atoms with Gasteiger partial charge in [-0.05, 0) is 19.9 Å². The molecule has 2 aromatic heterocycles. The zero-order valence-electron chi connectivity index (χ0n) is 13.6. The second-order valence-corrected chi connectivity index (χ2v) is 5.75. The lowest BCUT2D eigenvalue weighted by molar-refractivity contribution is -0.121. The molecule has 1 aliphatic heterocycles. The Morgan fingerprint density at radius 2 is 2.39 bits per heavy atom. The Kier molecular flexibility index (Phi) is 4.71. The highest BCUT2D eigenvalue weighted by atomic mass is 16.1. The van der Waals surface area contributed by atoms with Crippen molar-refractivity contribution < 1.29 is 4.79 Å². The minimum Gasteiger partial charge on any atom is -0.346 e. The lowest BCUT2D eigenvalue weighted by atomic mass is 10.2. The monoisotopic (exact) mass is 317 g/mol. The van der Waals surface area contributed by atoms with Crippen LogP contribution in [-0.2, 0) is 30.8 Å². The van der Waals surface area contributed by atoms with E-state index in [0.717, 1.165) is 37.7 Å². The average molecular weight is 317 g/mol. The van der Waals surface area contributed by atoms with Gasteiger partial charge in [0.2, 0.25) is 5.91 Å². The van der Waals surface area contributed by atoms with Gasteiger partial charge in [-0.2, -0.15) is 10.2 Å². The Balaban J connectivity index is 1.52. The molecule has 1 amide bonds. The average Bonchev–Trinajstić information content (AvgIpc) is 3.18. The van der Waals surface area contributed by atoms with Crippen LogP contribution >= 0.6 is 0 Å². The van der Waals surface area contributed by atoms with E-state index in [2.05, 4.69) is 31.9 Å². The molecule has 124 valence electrons. The van der Waals surface area contributed by atoms with Crippen LogP contribution in [0.15, 0.2) is 12.4 Å². The number of aromatic nitrogens is 5. The SMILES string of the molecule is CCn1ncnc1[C@@H](C)NC(=O)CCc1cc2n(n1)CCNC2. The first kappa shape index (κ1) is 15.7. The molecule has 0 bridgehead atoms. The quantitative estimate of drug-likeness (QED) is 0.805. The highest BCUT2D eigenvalue weighted by Crippen LogP contribution is 2.11. The standard InChI is InChI=1S/C15H23N7O/c1-3-21-15(17-10-18-21)11(2)19-14(23)5-4-12-8-13-9-16-6-7-22(13)20-12/h8,10-11,16H,3-7,9H2,1-2H3,(H,19,23)/t11-/m1/s1. The lowest BCUT2D eigenvalue weighted by Gasteiger charge is -2.13. The van der Waals surface area contributed by atoms with Crippen LogP contribution < -0.4 is 10.6 Å². The third-order valence-corrected chi connectivity index (χ3v) is 4.04. The largest absolute Gasteiger partial charge is 0.346 e. The lowest BCUT2D eigenvalue weighted by Crippen LogP contribution is -2.29. The maximum Gasteiger partial charge on any atom is 0.220 e. The minimum atomic E-state index is -0.149. The number of carbonyl (C=O) groups excluding carboxylic acids is 1. The van der Waals surface area contributed by atoms with Crippen LogP contribution in [0.5, 0.6) is 0 Å². The Labute approximate surface area is 135 Å². The molecule has 0 unspecified atom stereocenters. The van der Waals surface area contributed by atoms with Gasteiger partial charge in [-0.15, -0.1) is 0 Å². The smallest absolute Gasteiger partial charge is 0.220 e. The predicted molar refractivity (Wildman–Crippen MR) is 84.5 cm³/mol. The molecule has 0 fully saturated rings. The molecule has 0 saturated heterocycles. The fourth-order valence-electron chi connectivity index (χ4n) is 2.85. The van der Waals surface area contributed by atoms with Gasteiger partial charge in [0.25, 0.3) is 0 Å². The molecule has 3 rings (SSSR count). The molecule has 2 N–H and O–H groups in total. The number of hydrogen-bond donors (Lipinski definition) is 2. The summed E-state index contributed by atoms with van der Waals surface area (Å²) < 4.78 is 3.82. The molecule has 0 saturated carbocycles. The van der Waals surface area contributed by atoms with E-state index in [-0.39, 0.29) is 11.9 Å². The van der Waals surface area contributed by atoms with Crippen LogP contribution in [0, 0.1) is 0 Å². The van der Waals surface area contributed by atoms with E-state index in [9.17, 15) is 4.79 Å². The van der Waals surface area contributed by atoms with Gasteiger partial charge in [0.05, 0.1) is 24.0 Å². The summed E-state index contributed by atoms with van der Waals surface area (Å²) in [6.45, 7) is 7.36. The van der Waals surface area contributed by atoms with Crippen LogP contribution in [0.25, 0.3) is 0 Å². The molecule has 0 radical (unpaired) electrons. The van der Waals surface area contributed by atoms with Crippen LogP contribution in [0.2, 0.25) is 0 Å². The van der Waals surface area contributed by atoms with Crippen molar-refractivity contribution in [2.24, 2.45) is 0 Å². The first-order valence-electron chi connectivity index (χ1n) is 8.10. The highest BCUT2D eigenvalue weighted by molar-refractivity contribution is 5.76. The Hall–Kier alpha value is -2.22. The van der Waals surface area contributed by atoms with Gasteiger partial charge in [-0.1, -0.05) is 0 Å². The summed E-state index contributed by atoms with van der Waals surface area (Å²) >= 11 is 0. The number of nitrogens with zero attached hydrogens (tertiary/aromatic N) is 5. The highest BCUT2D eigenvalue weighted by Gasteiger charge is 2.16. The molecule has 8 heteroatoms. The number of rotatable bonds is 6. The molecule has 0 aromatic carbocycles. The van der Waals surface area contributed by atoms with E-state index < -0.39 is 0 Å². The summed E-state index contributed by atoms with van der Waals surface area (Å²) in [5, 5.41) is 15.0. The van der Waals surface area contributed by atoms with Gasteiger partial charge in [-0.25, -0.2) is 9.67 Å². The Morgan fingerprint density at radius 3 is 3.17 bits per heavy atom. The summed E-state index contributed by atoms with van der Waals surface area (Å²) in [4.78, 5) is 16.4. The minimum absolute atomic E-state index is 0.00671. The third kappa shape index (κ3) is 3.58. The topological polar surface area (TPSA) is 89.7 Å². The van der Waals surface area contributed by atoms with Crippen LogP contribution in [0.1, 0.15) is 43.5 Å². The Bertz CT molecular complexity index is 652. The molecule has 0 aliphatic carbocycles. The van der Waals surface area contributed by atoms with Gasteiger partial charge in [0, 0.05) is 32.5 Å². The maximum atomic E-state index is 12.1. The van der Waals surface area contributed by atoms with Crippen molar-refractivity contribution in [1.29, 1.82) is 0 Å². The van der Waals surface area contributed by atoms with E-state index in [4.69, 9.17) is 0 Å². The van der Waals surface area contributed by atoms with Gasteiger partial charge < -0.3 is 10.6 Å². The number of aryl methyl sites for hydroxylation is 2. The normalized spacial score (nSPS) is 15.2. The Morgan fingerprint density at radius 1 is 1.52 bits per heavy atom. The zero-order chi connectivity index (χ0) is 16.2. The maximum absolute atomic E-state index is 12.1. The van der Waals surface area contributed by atoms with E-state index in [1.165, 1.54) is 12.0 Å². The van der Waals surface area contributed by atoms with Crippen molar-refractivity contribution in [2.45, 2.75) is 52.4 Å². The van der Waals surface area contributed by atoms with Crippen LogP contribution in [0.3, 0.4) is 0 Å². The fourth-order valence-corrected chi connectivity index (χ4v) is 2.85. The molecule has 0 spiro atoms. The molecule has 1 atom stereocenters. The van der Waals surface area contributed by atoms with Gasteiger partial charge in [-0.3, -0.25) is 9.48 Å². The molecule has 8 nitrogen and oxygen atoms in total. The van der Waals surface area contributed by atoms with E-state index in [0.29, 0.717) is 12.8 Å². The molecular weight excluding hydrogens is 294 g/mol. The van der Waals surface area contributed by atoms with Crippen molar-refractivity contribution in [2.75, 3.05) is 6.54 Å². The molecular formula is C15H23N7O. The second-order valence-electron chi connectivity index (χ2n) is 5.75. The second kappa shape index (κ2) is 6.91. The summed E-state index contributed by atoms with van der Waals surface area (Å²) in [7, 11) is 0. The predicted octanol–water partition coefficient (Wildman–Crippen LogP) is 0.408. The van der Waals surface area contributed by atoms with Crippen molar-refractivity contribution in [1.82, 2.24) is 35.2 Å². The van der Waals surface area contributed by atoms with E-state index in [1.807, 2.05) is 18.5 Å². The number of fused-ring (bicyclic) bond motifs is 1. The first-order valence-corrected chi connectivity index (χ1v) is 8.10. The van der Waals surface area contributed by atoms with Gasteiger partial charge in [0.15, 0.2) is 0 Å². The number of amides is 1. The molecule has 2 aromatic rings. The first-order chi connectivity index (χ1) is 11.2.